The zero-order valence-corrected chi connectivity index (χ0v) is 11.2. The van der Waals surface area contributed by atoms with Crippen LogP contribution in [0.3, 0.4) is 0 Å². The van der Waals surface area contributed by atoms with Crippen LogP contribution < -0.4 is 0 Å². The Balaban J connectivity index is 0.000000284. The minimum Gasteiger partial charge on any atom is -0.391 e. The predicted molar refractivity (Wildman–Crippen MR) is 64.4 cm³/mol. The Morgan fingerprint density at radius 2 is 1.29 bits per heavy atom. The molecule has 0 radical (unpaired) electrons. The second kappa shape index (κ2) is 8.48. The number of hydrogen-bond acceptors (Lipinski definition) is 2. The van der Waals surface area contributed by atoms with Crippen LogP contribution in [0.1, 0.15) is 26.7 Å². The van der Waals surface area contributed by atoms with Crippen molar-refractivity contribution in [1.82, 2.24) is 0 Å². The molecule has 0 aliphatic heterocycles. The third-order valence-electron chi connectivity index (χ3n) is 2.52. The van der Waals surface area contributed by atoms with Crippen molar-refractivity contribution in [3.8, 4) is 0 Å². The van der Waals surface area contributed by atoms with Crippen molar-refractivity contribution >= 4 is 0 Å². The van der Waals surface area contributed by atoms with Crippen molar-refractivity contribution in [3.63, 3.8) is 0 Å². The fraction of sp³-hybridized carbons (Fsp3) is 0.429. The Morgan fingerprint density at radius 1 is 0.941 bits per heavy atom. The molecule has 0 aromatic rings. The number of rotatable bonds is 2. The zero-order chi connectivity index (χ0) is 12.0. The molecular weight excluding hydrogens is 256 g/mol. The Hall–Kier alpha value is -0.601. The average molecular weight is 274 g/mol. The molecule has 2 rings (SSSR count). The maximum Gasteiger partial charge on any atom is 2.00 e. The first-order valence-corrected chi connectivity index (χ1v) is 5.48. The van der Waals surface area contributed by atoms with Crippen LogP contribution in [0.5, 0.6) is 0 Å². The monoisotopic (exact) mass is 274 g/mol. The first-order chi connectivity index (χ1) is 7.61. The molecule has 2 aliphatic carbocycles. The molecule has 0 saturated carbocycles. The summed E-state index contributed by atoms with van der Waals surface area (Å²) in [5.74, 6) is 0. The zero-order valence-electron chi connectivity index (χ0n) is 10.1. The summed E-state index contributed by atoms with van der Waals surface area (Å²) in [5.41, 5.74) is 2.12. The van der Waals surface area contributed by atoms with Gasteiger partial charge in [-0.1, -0.05) is 0 Å². The fourth-order valence-corrected chi connectivity index (χ4v) is 1.38. The van der Waals surface area contributed by atoms with Crippen LogP contribution in [-0.2, 0) is 17.1 Å². The number of allylic oxidation sites excluding steroid dienone is 6. The van der Waals surface area contributed by atoms with Crippen LogP contribution >= 0.6 is 0 Å². The molecule has 2 atom stereocenters. The van der Waals surface area contributed by atoms with Gasteiger partial charge >= 0.3 is 17.1 Å². The Bertz CT molecular complexity index is 302. The summed E-state index contributed by atoms with van der Waals surface area (Å²) in [5, 5.41) is 17.8. The van der Waals surface area contributed by atoms with E-state index in [4.69, 9.17) is 10.2 Å². The Morgan fingerprint density at radius 3 is 1.41 bits per heavy atom. The number of aliphatic hydroxyl groups is 2. The van der Waals surface area contributed by atoms with E-state index in [-0.39, 0.29) is 29.3 Å². The minimum absolute atomic E-state index is 0. The van der Waals surface area contributed by atoms with Crippen molar-refractivity contribution in [1.29, 1.82) is 0 Å². The van der Waals surface area contributed by atoms with Gasteiger partial charge in [0.25, 0.3) is 0 Å². The van der Waals surface area contributed by atoms with E-state index >= 15 is 0 Å². The smallest absolute Gasteiger partial charge is 0.391 e. The van der Waals surface area contributed by atoms with Gasteiger partial charge in [-0.2, -0.15) is 0 Å². The van der Waals surface area contributed by atoms with Gasteiger partial charge in [-0.3, -0.25) is 12.2 Å². The SMILES string of the molecule is CC(O)C1=CC=[C-]C1.CC(O)C1=CC=[C-]C1.[Fe+2]. The fourth-order valence-electron chi connectivity index (χ4n) is 1.38. The first-order valence-electron chi connectivity index (χ1n) is 5.48. The van der Waals surface area contributed by atoms with Crippen LogP contribution in [0.2, 0.25) is 0 Å². The van der Waals surface area contributed by atoms with Gasteiger partial charge in [0.2, 0.25) is 0 Å². The van der Waals surface area contributed by atoms with E-state index in [0.717, 1.165) is 24.0 Å². The quantitative estimate of drug-likeness (QED) is 0.598. The summed E-state index contributed by atoms with van der Waals surface area (Å²) in [6, 6.07) is 0. The molecule has 0 fully saturated rings. The maximum atomic E-state index is 8.92. The second-order valence-electron chi connectivity index (χ2n) is 3.93. The normalized spacial score (nSPS) is 19.8. The van der Waals surface area contributed by atoms with Gasteiger partial charge in [-0.25, -0.2) is 24.3 Å². The van der Waals surface area contributed by atoms with Gasteiger partial charge in [-0.05, 0) is 13.8 Å². The molecular formula is C14H18FeO2. The standard InChI is InChI=1S/2C7H9O.Fe/c2*1-6(8)7-4-2-3-5-7;/h2*2,4,6,8H,5H2,1H3;/q2*-1;+2. The first kappa shape index (κ1) is 16.4. The molecule has 0 aromatic carbocycles. The maximum absolute atomic E-state index is 8.92. The topological polar surface area (TPSA) is 40.5 Å². The van der Waals surface area contributed by atoms with Crippen LogP contribution in [0, 0.1) is 12.2 Å². The summed E-state index contributed by atoms with van der Waals surface area (Å²) in [6.45, 7) is 3.54. The van der Waals surface area contributed by atoms with Gasteiger partial charge in [0, 0.05) is 0 Å². The molecule has 0 amide bonds. The third kappa shape index (κ3) is 6.04. The van der Waals surface area contributed by atoms with Crippen molar-refractivity contribution in [2.75, 3.05) is 0 Å². The van der Waals surface area contributed by atoms with E-state index in [1.165, 1.54) is 0 Å². The summed E-state index contributed by atoms with van der Waals surface area (Å²) in [4.78, 5) is 0. The molecule has 0 saturated heterocycles. The van der Waals surface area contributed by atoms with Crippen molar-refractivity contribution in [2.45, 2.75) is 38.9 Å². The van der Waals surface area contributed by atoms with E-state index in [1.807, 2.05) is 24.3 Å². The Kier molecular flexibility index (Phi) is 8.18. The van der Waals surface area contributed by atoms with E-state index in [0.29, 0.717) is 0 Å². The van der Waals surface area contributed by atoms with Gasteiger partial charge in [0.05, 0.1) is 12.2 Å². The summed E-state index contributed by atoms with van der Waals surface area (Å²) in [7, 11) is 0. The van der Waals surface area contributed by atoms with E-state index in [9.17, 15) is 0 Å². The third-order valence-corrected chi connectivity index (χ3v) is 2.52. The Labute approximate surface area is 114 Å². The number of aliphatic hydroxyl groups excluding tert-OH is 2. The average Bonchev–Trinajstić information content (AvgIpc) is 2.93. The van der Waals surface area contributed by atoms with Crippen LogP contribution in [-0.4, -0.2) is 22.4 Å². The molecule has 0 bridgehead atoms. The van der Waals surface area contributed by atoms with Crippen molar-refractivity contribution < 1.29 is 27.3 Å². The van der Waals surface area contributed by atoms with Crippen molar-refractivity contribution in [2.24, 2.45) is 0 Å². The minimum atomic E-state index is -0.291. The van der Waals surface area contributed by atoms with E-state index in [2.05, 4.69) is 12.2 Å². The van der Waals surface area contributed by atoms with Gasteiger partial charge < -0.3 is 10.2 Å². The molecule has 0 spiro atoms. The molecule has 3 heteroatoms. The van der Waals surface area contributed by atoms with Crippen molar-refractivity contribution in [3.05, 3.63) is 47.6 Å². The summed E-state index contributed by atoms with van der Waals surface area (Å²) >= 11 is 0. The molecule has 94 valence electrons. The largest absolute Gasteiger partial charge is 2.00 e. The van der Waals surface area contributed by atoms with Gasteiger partial charge in [0.15, 0.2) is 0 Å². The predicted octanol–water partition coefficient (Wildman–Crippen LogP) is 2.11. The van der Waals surface area contributed by atoms with Crippen LogP contribution in [0.15, 0.2) is 35.5 Å². The molecule has 2 aliphatic rings. The van der Waals surface area contributed by atoms with Gasteiger partial charge in [-0.15, -0.1) is 24.0 Å². The second-order valence-corrected chi connectivity index (χ2v) is 3.93. The molecule has 2 unspecified atom stereocenters. The summed E-state index contributed by atoms with van der Waals surface area (Å²) < 4.78 is 0. The molecule has 2 N–H and O–H groups in total. The van der Waals surface area contributed by atoms with E-state index in [1.54, 1.807) is 13.8 Å². The molecule has 17 heavy (non-hydrogen) atoms. The van der Waals surface area contributed by atoms with Crippen LogP contribution in [0.25, 0.3) is 0 Å². The molecule has 0 heterocycles. The van der Waals surface area contributed by atoms with Crippen LogP contribution in [0.4, 0.5) is 0 Å². The number of hydrogen-bond donors (Lipinski definition) is 2. The molecule has 0 aromatic heterocycles. The summed E-state index contributed by atoms with van der Waals surface area (Å²) in [6.07, 6.45) is 14.5. The molecule has 2 nitrogen and oxygen atoms in total. The van der Waals surface area contributed by atoms with E-state index < -0.39 is 0 Å². The van der Waals surface area contributed by atoms with Gasteiger partial charge in [0.1, 0.15) is 0 Å².